The maximum atomic E-state index is 6.12. The molecule has 2 unspecified atom stereocenters. The molecule has 0 N–H and O–H groups in total. The minimum absolute atomic E-state index is 0.116. The molecule has 130 valence electrons. The van der Waals surface area contributed by atoms with Crippen LogP contribution in [0.4, 0.5) is 0 Å². The van der Waals surface area contributed by atoms with Crippen LogP contribution >= 0.6 is 23.2 Å². The second kappa shape index (κ2) is 7.10. The normalized spacial score (nSPS) is 15.2. The molecule has 2 aromatic rings. The summed E-state index contributed by atoms with van der Waals surface area (Å²) in [6, 6.07) is 16.7. The first kappa shape index (κ1) is 19.3. The van der Waals surface area contributed by atoms with Crippen molar-refractivity contribution in [3.05, 3.63) is 69.7 Å². The number of hydrogen-bond acceptors (Lipinski definition) is 0. The number of hydrogen-bond donors (Lipinski definition) is 0. The molecule has 0 aliphatic heterocycles. The van der Waals surface area contributed by atoms with E-state index in [-0.39, 0.29) is 10.8 Å². The van der Waals surface area contributed by atoms with E-state index >= 15 is 0 Å². The topological polar surface area (TPSA) is 0 Å². The van der Waals surface area contributed by atoms with Gasteiger partial charge in [0.25, 0.3) is 0 Å². The van der Waals surface area contributed by atoms with Gasteiger partial charge in [-0.3, -0.25) is 0 Å². The van der Waals surface area contributed by atoms with E-state index < -0.39 is 0 Å². The minimum atomic E-state index is 0.116. The highest BCUT2D eigenvalue weighted by atomic mass is 35.5. The van der Waals surface area contributed by atoms with Gasteiger partial charge in [0.15, 0.2) is 0 Å². The summed E-state index contributed by atoms with van der Waals surface area (Å²) in [6.45, 7) is 13.9. The fraction of sp³-hybridized carbons (Fsp3) is 0.455. The Morgan fingerprint density at radius 3 is 1.00 bits per heavy atom. The van der Waals surface area contributed by atoms with Gasteiger partial charge in [-0.2, -0.15) is 0 Å². The Kier molecular flexibility index (Phi) is 5.72. The Balaban J connectivity index is 2.61. The molecule has 0 bridgehead atoms. The molecule has 24 heavy (non-hydrogen) atoms. The summed E-state index contributed by atoms with van der Waals surface area (Å²) < 4.78 is 0. The van der Waals surface area contributed by atoms with Crippen LogP contribution in [0.1, 0.15) is 64.5 Å². The van der Waals surface area contributed by atoms with Crippen LogP contribution in [-0.4, -0.2) is 0 Å². The Morgan fingerprint density at radius 2 is 0.792 bits per heavy atom. The number of benzene rings is 2. The van der Waals surface area contributed by atoms with Gasteiger partial charge in [0.05, 0.1) is 0 Å². The zero-order valence-electron chi connectivity index (χ0n) is 15.5. The molecule has 0 aliphatic carbocycles. The van der Waals surface area contributed by atoms with Crippen LogP contribution in [0.5, 0.6) is 0 Å². The van der Waals surface area contributed by atoms with Crippen LogP contribution in [-0.2, 0) is 0 Å². The number of rotatable bonds is 3. The van der Waals surface area contributed by atoms with Gasteiger partial charge in [0, 0.05) is 10.0 Å². The molecule has 0 amide bonds. The highest BCUT2D eigenvalue weighted by Crippen LogP contribution is 2.53. The van der Waals surface area contributed by atoms with Crippen molar-refractivity contribution in [2.45, 2.75) is 53.4 Å². The summed E-state index contributed by atoms with van der Waals surface area (Å²) in [6.07, 6.45) is 0. The van der Waals surface area contributed by atoms with Crippen molar-refractivity contribution in [1.82, 2.24) is 0 Å². The maximum Gasteiger partial charge on any atom is 0.0406 e. The fourth-order valence-corrected chi connectivity index (χ4v) is 3.98. The van der Waals surface area contributed by atoms with Gasteiger partial charge < -0.3 is 0 Å². The first-order valence-corrected chi connectivity index (χ1v) is 9.26. The molecule has 0 aromatic heterocycles. The van der Waals surface area contributed by atoms with Crippen LogP contribution in [0.25, 0.3) is 0 Å². The third-order valence-electron chi connectivity index (χ3n) is 4.66. The van der Waals surface area contributed by atoms with Crippen LogP contribution in [0.15, 0.2) is 48.5 Å². The molecular weight excluding hydrogens is 335 g/mol. The predicted octanol–water partition coefficient (Wildman–Crippen LogP) is 7.95. The largest absolute Gasteiger partial charge is 0.0843 e. The smallest absolute Gasteiger partial charge is 0.0406 e. The van der Waals surface area contributed by atoms with E-state index in [1.807, 2.05) is 24.3 Å². The van der Waals surface area contributed by atoms with E-state index in [9.17, 15) is 0 Å². The van der Waals surface area contributed by atoms with Gasteiger partial charge in [-0.25, -0.2) is 0 Å². The monoisotopic (exact) mass is 362 g/mol. The van der Waals surface area contributed by atoms with Crippen LogP contribution < -0.4 is 0 Å². The lowest BCUT2D eigenvalue weighted by Crippen LogP contribution is -2.32. The molecule has 2 aromatic carbocycles. The molecular formula is C22H28Cl2. The molecule has 0 fully saturated rings. The average Bonchev–Trinajstić information content (AvgIpc) is 2.45. The van der Waals surface area contributed by atoms with Crippen molar-refractivity contribution in [2.75, 3.05) is 0 Å². The molecule has 0 heterocycles. The van der Waals surface area contributed by atoms with Crippen LogP contribution in [0, 0.1) is 10.8 Å². The standard InChI is InChI=1S/C22H28Cl2/c1-21(2,3)19(15-7-11-17(23)12-8-15)20(22(4,5)6)16-9-13-18(24)14-10-16/h7-14,19-20H,1-6H3. The van der Waals surface area contributed by atoms with E-state index in [0.717, 1.165) is 10.0 Å². The highest BCUT2D eigenvalue weighted by molar-refractivity contribution is 6.30. The Hall–Kier alpha value is -0.980. The maximum absolute atomic E-state index is 6.12. The van der Waals surface area contributed by atoms with Crippen LogP contribution in [0.2, 0.25) is 10.0 Å². The lowest BCUT2D eigenvalue weighted by atomic mass is 9.60. The molecule has 0 saturated carbocycles. The first-order valence-electron chi connectivity index (χ1n) is 8.51. The van der Waals surface area contributed by atoms with Gasteiger partial charge in [-0.05, 0) is 58.1 Å². The average molecular weight is 363 g/mol. The molecule has 0 aliphatic rings. The van der Waals surface area contributed by atoms with Crippen molar-refractivity contribution in [3.63, 3.8) is 0 Å². The summed E-state index contributed by atoms with van der Waals surface area (Å²) in [5, 5.41) is 1.57. The summed E-state index contributed by atoms with van der Waals surface area (Å²) in [4.78, 5) is 0. The third-order valence-corrected chi connectivity index (χ3v) is 5.16. The predicted molar refractivity (Wildman–Crippen MR) is 107 cm³/mol. The highest BCUT2D eigenvalue weighted by Gasteiger charge is 2.40. The molecule has 0 saturated heterocycles. The Morgan fingerprint density at radius 1 is 0.542 bits per heavy atom. The summed E-state index contributed by atoms with van der Waals surface area (Å²) in [5.74, 6) is 0.742. The lowest BCUT2D eigenvalue weighted by Gasteiger charge is -2.44. The molecule has 0 nitrogen and oxygen atoms in total. The van der Waals surface area contributed by atoms with Crippen LogP contribution in [0.3, 0.4) is 0 Å². The zero-order valence-corrected chi connectivity index (χ0v) is 17.0. The van der Waals surface area contributed by atoms with Gasteiger partial charge in [0.1, 0.15) is 0 Å². The van der Waals surface area contributed by atoms with Gasteiger partial charge in [-0.1, -0.05) is 89.0 Å². The molecule has 0 spiro atoms. The first-order chi connectivity index (χ1) is 11.0. The van der Waals surface area contributed by atoms with E-state index in [1.165, 1.54) is 11.1 Å². The molecule has 0 radical (unpaired) electrons. The van der Waals surface area contributed by atoms with E-state index in [4.69, 9.17) is 23.2 Å². The SMILES string of the molecule is CC(C)(C)C(c1ccc(Cl)cc1)C(c1ccc(Cl)cc1)C(C)(C)C. The van der Waals surface area contributed by atoms with Gasteiger partial charge in [-0.15, -0.1) is 0 Å². The zero-order chi connectivity index (χ0) is 18.1. The Labute approximate surface area is 157 Å². The quantitative estimate of drug-likeness (QED) is 0.519. The van der Waals surface area contributed by atoms with Gasteiger partial charge in [0.2, 0.25) is 0 Å². The Bertz CT molecular complexity index is 594. The summed E-state index contributed by atoms with van der Waals surface area (Å²) in [5.41, 5.74) is 2.90. The minimum Gasteiger partial charge on any atom is -0.0843 e. The van der Waals surface area contributed by atoms with E-state index in [0.29, 0.717) is 11.8 Å². The summed E-state index contributed by atoms with van der Waals surface area (Å²) >= 11 is 12.2. The van der Waals surface area contributed by atoms with Crippen molar-refractivity contribution in [1.29, 1.82) is 0 Å². The third kappa shape index (κ3) is 4.55. The molecule has 2 atom stereocenters. The summed E-state index contributed by atoms with van der Waals surface area (Å²) in [7, 11) is 0. The van der Waals surface area contributed by atoms with Crippen molar-refractivity contribution in [2.24, 2.45) is 10.8 Å². The van der Waals surface area contributed by atoms with Crippen molar-refractivity contribution < 1.29 is 0 Å². The van der Waals surface area contributed by atoms with E-state index in [2.05, 4.69) is 65.8 Å². The number of halogens is 2. The lowest BCUT2D eigenvalue weighted by molar-refractivity contribution is 0.186. The van der Waals surface area contributed by atoms with Crippen molar-refractivity contribution in [3.8, 4) is 0 Å². The van der Waals surface area contributed by atoms with E-state index in [1.54, 1.807) is 0 Å². The fourth-order valence-electron chi connectivity index (χ4n) is 3.73. The molecule has 2 heteroatoms. The van der Waals surface area contributed by atoms with Crippen molar-refractivity contribution >= 4 is 23.2 Å². The second-order valence-electron chi connectivity index (χ2n) is 8.79. The second-order valence-corrected chi connectivity index (χ2v) is 9.66. The van der Waals surface area contributed by atoms with Gasteiger partial charge >= 0.3 is 0 Å². The molecule has 2 rings (SSSR count).